The van der Waals surface area contributed by atoms with Gasteiger partial charge in [0.25, 0.3) is 0 Å². The maximum Gasteiger partial charge on any atom is 0.133 e. The van der Waals surface area contributed by atoms with Crippen LogP contribution in [0.4, 0.5) is 0 Å². The maximum absolute atomic E-state index is 5.28. The third-order valence-electron chi connectivity index (χ3n) is 4.24. The molecule has 1 aromatic heterocycles. The van der Waals surface area contributed by atoms with Crippen molar-refractivity contribution in [1.29, 1.82) is 0 Å². The number of benzene rings is 1. The SMILES string of the molecule is CNC1CCCc2cn(Cc3ccc(OC)c(Br)c3)cc21. The van der Waals surface area contributed by atoms with Crippen LogP contribution < -0.4 is 10.1 Å². The molecule has 0 fully saturated rings. The standard InChI is InChI=1S/C17H21BrN2O/c1-19-16-5-3-4-13-10-20(11-14(13)16)9-12-6-7-17(21-2)15(18)8-12/h6-8,10-11,16,19H,3-5,9H2,1-2H3. The Balaban J connectivity index is 1.82. The lowest BCUT2D eigenvalue weighted by Crippen LogP contribution is -2.20. The number of nitrogens with one attached hydrogen (secondary N) is 1. The molecule has 4 heteroatoms. The zero-order valence-electron chi connectivity index (χ0n) is 12.5. The summed E-state index contributed by atoms with van der Waals surface area (Å²) in [7, 11) is 3.75. The fourth-order valence-electron chi connectivity index (χ4n) is 3.16. The minimum absolute atomic E-state index is 0.512. The second kappa shape index (κ2) is 6.24. The van der Waals surface area contributed by atoms with Crippen molar-refractivity contribution in [3.63, 3.8) is 0 Å². The van der Waals surface area contributed by atoms with Crippen LogP contribution in [0.15, 0.2) is 35.1 Å². The van der Waals surface area contributed by atoms with Crippen LogP contribution in [-0.2, 0) is 13.0 Å². The summed E-state index contributed by atoms with van der Waals surface area (Å²) < 4.78 is 8.59. The van der Waals surface area contributed by atoms with E-state index < -0.39 is 0 Å². The fourth-order valence-corrected chi connectivity index (χ4v) is 3.75. The Hall–Kier alpha value is -1.26. The van der Waals surface area contributed by atoms with E-state index in [0.29, 0.717) is 6.04 Å². The minimum atomic E-state index is 0.512. The lowest BCUT2D eigenvalue weighted by Gasteiger charge is -2.21. The third-order valence-corrected chi connectivity index (χ3v) is 4.86. The molecule has 1 atom stereocenters. The molecule has 1 aromatic carbocycles. The molecule has 3 nitrogen and oxygen atoms in total. The van der Waals surface area contributed by atoms with Crippen molar-refractivity contribution >= 4 is 15.9 Å². The zero-order valence-corrected chi connectivity index (χ0v) is 14.1. The van der Waals surface area contributed by atoms with E-state index in [1.807, 2.05) is 6.07 Å². The van der Waals surface area contributed by atoms with Gasteiger partial charge in [-0.05, 0) is 71.1 Å². The Morgan fingerprint density at radius 2 is 2.24 bits per heavy atom. The highest BCUT2D eigenvalue weighted by Crippen LogP contribution is 2.31. The van der Waals surface area contributed by atoms with E-state index in [1.165, 1.54) is 36.0 Å². The maximum atomic E-state index is 5.28. The van der Waals surface area contributed by atoms with Gasteiger partial charge in [0.1, 0.15) is 5.75 Å². The predicted molar refractivity (Wildman–Crippen MR) is 89.0 cm³/mol. The van der Waals surface area contributed by atoms with E-state index >= 15 is 0 Å². The number of ether oxygens (including phenoxy) is 1. The summed E-state index contributed by atoms with van der Waals surface area (Å²) in [5.41, 5.74) is 4.24. The topological polar surface area (TPSA) is 26.2 Å². The van der Waals surface area contributed by atoms with Crippen LogP contribution in [0.1, 0.15) is 35.6 Å². The highest BCUT2D eigenvalue weighted by atomic mass is 79.9. The quantitative estimate of drug-likeness (QED) is 0.906. The molecule has 1 aliphatic rings. The number of fused-ring (bicyclic) bond motifs is 1. The molecule has 21 heavy (non-hydrogen) atoms. The first-order chi connectivity index (χ1) is 10.2. The van der Waals surface area contributed by atoms with Gasteiger partial charge in [-0.15, -0.1) is 0 Å². The molecule has 0 saturated carbocycles. The van der Waals surface area contributed by atoms with E-state index in [-0.39, 0.29) is 0 Å². The molecular formula is C17H21BrN2O. The highest BCUT2D eigenvalue weighted by molar-refractivity contribution is 9.10. The van der Waals surface area contributed by atoms with Crippen molar-refractivity contribution in [2.45, 2.75) is 31.8 Å². The smallest absolute Gasteiger partial charge is 0.133 e. The van der Waals surface area contributed by atoms with Gasteiger partial charge in [-0.25, -0.2) is 0 Å². The van der Waals surface area contributed by atoms with Crippen molar-refractivity contribution in [3.8, 4) is 5.75 Å². The molecule has 0 spiro atoms. The first-order valence-corrected chi connectivity index (χ1v) is 8.19. The normalized spacial score (nSPS) is 17.6. The molecule has 0 aliphatic heterocycles. The van der Waals surface area contributed by atoms with Crippen LogP contribution in [0, 0.1) is 0 Å². The molecule has 1 heterocycles. The molecule has 1 aliphatic carbocycles. The van der Waals surface area contributed by atoms with Gasteiger partial charge in [-0.2, -0.15) is 0 Å². The summed E-state index contributed by atoms with van der Waals surface area (Å²) in [6.45, 7) is 0.895. The number of hydrogen-bond donors (Lipinski definition) is 1. The molecule has 3 rings (SSSR count). The van der Waals surface area contributed by atoms with Gasteiger partial charge in [0.2, 0.25) is 0 Å². The van der Waals surface area contributed by atoms with Gasteiger partial charge in [0.15, 0.2) is 0 Å². The van der Waals surface area contributed by atoms with Gasteiger partial charge in [-0.1, -0.05) is 6.07 Å². The van der Waals surface area contributed by atoms with E-state index in [2.05, 4.69) is 57.4 Å². The third kappa shape index (κ3) is 3.01. The van der Waals surface area contributed by atoms with Gasteiger partial charge in [0.05, 0.1) is 11.6 Å². The summed E-state index contributed by atoms with van der Waals surface area (Å²) in [6.07, 6.45) is 8.32. The van der Waals surface area contributed by atoms with Crippen molar-refractivity contribution in [2.75, 3.05) is 14.2 Å². The lowest BCUT2D eigenvalue weighted by molar-refractivity contribution is 0.412. The van der Waals surface area contributed by atoms with Crippen LogP contribution in [-0.4, -0.2) is 18.7 Å². The summed E-state index contributed by atoms with van der Waals surface area (Å²) >= 11 is 3.55. The second-order valence-corrected chi connectivity index (χ2v) is 6.47. The van der Waals surface area contributed by atoms with Crippen LogP contribution in [0.25, 0.3) is 0 Å². The van der Waals surface area contributed by atoms with Crippen molar-refractivity contribution in [2.24, 2.45) is 0 Å². The number of nitrogens with zero attached hydrogens (tertiary/aromatic N) is 1. The minimum Gasteiger partial charge on any atom is -0.496 e. The number of rotatable bonds is 4. The van der Waals surface area contributed by atoms with Crippen molar-refractivity contribution in [1.82, 2.24) is 9.88 Å². The number of hydrogen-bond acceptors (Lipinski definition) is 2. The molecule has 0 radical (unpaired) electrons. The van der Waals surface area contributed by atoms with Crippen molar-refractivity contribution < 1.29 is 4.74 Å². The Morgan fingerprint density at radius 1 is 1.38 bits per heavy atom. The zero-order chi connectivity index (χ0) is 14.8. The number of halogens is 1. The number of aryl methyl sites for hydroxylation is 1. The average molecular weight is 349 g/mol. The first-order valence-electron chi connectivity index (χ1n) is 7.39. The predicted octanol–water partition coefficient (Wildman–Crippen LogP) is 3.90. The summed E-state index contributed by atoms with van der Waals surface area (Å²) in [5.74, 6) is 0.876. The Labute approximate surface area is 134 Å². The van der Waals surface area contributed by atoms with E-state index in [4.69, 9.17) is 4.74 Å². The molecule has 0 amide bonds. The average Bonchev–Trinajstić information content (AvgIpc) is 2.89. The fraction of sp³-hybridized carbons (Fsp3) is 0.412. The summed E-state index contributed by atoms with van der Waals surface area (Å²) in [6, 6.07) is 6.78. The Morgan fingerprint density at radius 3 is 2.95 bits per heavy atom. The van der Waals surface area contributed by atoms with Gasteiger partial charge in [-0.3, -0.25) is 0 Å². The molecule has 1 N–H and O–H groups in total. The van der Waals surface area contributed by atoms with Crippen LogP contribution in [0.5, 0.6) is 5.75 Å². The molecule has 2 aromatic rings. The van der Waals surface area contributed by atoms with Gasteiger partial charge >= 0.3 is 0 Å². The van der Waals surface area contributed by atoms with E-state index in [1.54, 1.807) is 7.11 Å². The Bertz CT molecular complexity index is 636. The molecular weight excluding hydrogens is 328 g/mol. The first kappa shape index (κ1) is 14.7. The van der Waals surface area contributed by atoms with Gasteiger partial charge in [0, 0.05) is 25.0 Å². The number of aromatic nitrogens is 1. The molecule has 1 unspecified atom stereocenters. The van der Waals surface area contributed by atoms with Crippen LogP contribution in [0.3, 0.4) is 0 Å². The van der Waals surface area contributed by atoms with Crippen molar-refractivity contribution in [3.05, 3.63) is 51.8 Å². The largest absolute Gasteiger partial charge is 0.496 e. The lowest BCUT2D eigenvalue weighted by atomic mass is 9.91. The second-order valence-electron chi connectivity index (χ2n) is 5.61. The molecule has 0 bridgehead atoms. The van der Waals surface area contributed by atoms with Crippen LogP contribution >= 0.6 is 15.9 Å². The molecule has 0 saturated heterocycles. The van der Waals surface area contributed by atoms with Gasteiger partial charge < -0.3 is 14.6 Å². The monoisotopic (exact) mass is 348 g/mol. The summed E-state index contributed by atoms with van der Waals surface area (Å²) in [5, 5.41) is 3.42. The molecule has 112 valence electrons. The number of methoxy groups -OCH3 is 1. The van der Waals surface area contributed by atoms with E-state index in [9.17, 15) is 0 Å². The highest BCUT2D eigenvalue weighted by Gasteiger charge is 2.20. The Kier molecular flexibility index (Phi) is 4.36. The van der Waals surface area contributed by atoms with E-state index in [0.717, 1.165) is 16.8 Å². The summed E-state index contributed by atoms with van der Waals surface area (Å²) in [4.78, 5) is 0. The van der Waals surface area contributed by atoms with Crippen LogP contribution in [0.2, 0.25) is 0 Å².